The molecular weight excluding hydrogens is 368 g/mol. The Hall–Kier alpha value is -2.00. The van der Waals surface area contributed by atoms with E-state index in [0.717, 1.165) is 3.57 Å². The van der Waals surface area contributed by atoms with Crippen molar-refractivity contribution >= 4 is 34.5 Å². The third-order valence-electron chi connectivity index (χ3n) is 2.67. The fraction of sp³-hybridized carbons (Fsp3) is 0. The molecule has 0 bridgehead atoms. The number of hydrogen-bond acceptors (Lipinski definition) is 2. The summed E-state index contributed by atoms with van der Waals surface area (Å²) < 4.78 is 14.2. The van der Waals surface area contributed by atoms with Crippen molar-refractivity contribution in [2.24, 2.45) is 0 Å². The van der Waals surface area contributed by atoms with Gasteiger partial charge in [0, 0.05) is 9.13 Å². The van der Waals surface area contributed by atoms with Crippen LogP contribution in [0.1, 0.15) is 21.5 Å². The Labute approximate surface area is 129 Å². The number of allylic oxidation sites excluding steroid dienone is 1. The van der Waals surface area contributed by atoms with Gasteiger partial charge in [0.05, 0.1) is 5.56 Å². The van der Waals surface area contributed by atoms with Gasteiger partial charge in [-0.05, 0) is 58.5 Å². The minimum absolute atomic E-state index is 0.0335. The highest BCUT2D eigenvalue weighted by Gasteiger charge is 2.03. The van der Waals surface area contributed by atoms with Crippen molar-refractivity contribution in [2.75, 3.05) is 0 Å². The molecule has 0 aromatic heterocycles. The summed E-state index contributed by atoms with van der Waals surface area (Å²) in [6, 6.07) is 13.1. The summed E-state index contributed by atoms with van der Waals surface area (Å²) in [7, 11) is 0. The van der Waals surface area contributed by atoms with Gasteiger partial charge in [-0.25, -0.2) is 4.39 Å². The summed E-state index contributed by atoms with van der Waals surface area (Å²) in [5, 5.41) is 8.74. The molecule has 0 aliphatic heterocycles. The standard InChI is InChI=1S/C16H9FINO/c17-15-7-1-11(9-13(15)10-19)2-8-16(20)12-3-5-14(18)6-4-12/h1-9H/b8-2+. The number of carbonyl (C=O) groups is 1. The number of hydrogen-bond donors (Lipinski definition) is 0. The number of carbonyl (C=O) groups excluding carboxylic acids is 1. The molecule has 4 heteroatoms. The molecule has 0 unspecified atom stereocenters. The molecule has 0 amide bonds. The number of nitrogens with zero attached hydrogens (tertiary/aromatic N) is 1. The Kier molecular flexibility index (Phi) is 4.64. The van der Waals surface area contributed by atoms with E-state index in [2.05, 4.69) is 22.6 Å². The van der Waals surface area contributed by atoms with E-state index in [1.807, 2.05) is 12.1 Å². The smallest absolute Gasteiger partial charge is 0.185 e. The van der Waals surface area contributed by atoms with E-state index >= 15 is 0 Å². The predicted octanol–water partition coefficient (Wildman–Crippen LogP) is 4.20. The number of nitriles is 1. The van der Waals surface area contributed by atoms with Crippen molar-refractivity contribution in [2.45, 2.75) is 0 Å². The van der Waals surface area contributed by atoms with Crippen LogP contribution in [0.5, 0.6) is 0 Å². The first-order chi connectivity index (χ1) is 9.60. The Bertz CT molecular complexity index is 714. The summed E-state index contributed by atoms with van der Waals surface area (Å²) in [4.78, 5) is 11.9. The lowest BCUT2D eigenvalue weighted by Gasteiger charge is -1.98. The number of rotatable bonds is 3. The van der Waals surface area contributed by atoms with E-state index in [9.17, 15) is 9.18 Å². The highest BCUT2D eigenvalue weighted by Crippen LogP contribution is 2.12. The Morgan fingerprint density at radius 1 is 1.20 bits per heavy atom. The minimum Gasteiger partial charge on any atom is -0.289 e. The van der Waals surface area contributed by atoms with Gasteiger partial charge in [0.2, 0.25) is 0 Å². The van der Waals surface area contributed by atoms with E-state index in [-0.39, 0.29) is 11.3 Å². The maximum atomic E-state index is 13.2. The molecule has 0 aliphatic carbocycles. The van der Waals surface area contributed by atoms with E-state index in [4.69, 9.17) is 5.26 Å². The van der Waals surface area contributed by atoms with E-state index in [1.54, 1.807) is 24.3 Å². The third kappa shape index (κ3) is 3.52. The average molecular weight is 377 g/mol. The van der Waals surface area contributed by atoms with Crippen molar-refractivity contribution in [1.29, 1.82) is 5.26 Å². The summed E-state index contributed by atoms with van der Waals surface area (Å²) >= 11 is 2.17. The summed E-state index contributed by atoms with van der Waals surface area (Å²) in [5.41, 5.74) is 1.17. The van der Waals surface area contributed by atoms with Crippen LogP contribution in [0.2, 0.25) is 0 Å². The minimum atomic E-state index is -0.561. The predicted molar refractivity (Wildman–Crippen MR) is 83.6 cm³/mol. The summed E-state index contributed by atoms with van der Waals surface area (Å²) in [6.07, 6.45) is 2.98. The highest BCUT2D eigenvalue weighted by molar-refractivity contribution is 14.1. The van der Waals surface area contributed by atoms with Crippen LogP contribution in [-0.4, -0.2) is 5.78 Å². The topological polar surface area (TPSA) is 40.9 Å². The summed E-state index contributed by atoms with van der Waals surface area (Å²) in [5.74, 6) is -0.696. The van der Waals surface area contributed by atoms with Gasteiger partial charge >= 0.3 is 0 Å². The first-order valence-electron chi connectivity index (χ1n) is 5.78. The lowest BCUT2D eigenvalue weighted by Crippen LogP contribution is -1.93. The van der Waals surface area contributed by atoms with Gasteiger partial charge in [0.25, 0.3) is 0 Å². The van der Waals surface area contributed by atoms with Gasteiger partial charge in [-0.15, -0.1) is 0 Å². The zero-order chi connectivity index (χ0) is 14.5. The number of halogens is 2. The largest absolute Gasteiger partial charge is 0.289 e. The molecule has 2 rings (SSSR count). The molecule has 0 fully saturated rings. The lowest BCUT2D eigenvalue weighted by atomic mass is 10.1. The van der Waals surface area contributed by atoms with Crippen molar-refractivity contribution in [3.05, 3.63) is 74.6 Å². The van der Waals surface area contributed by atoms with Gasteiger partial charge < -0.3 is 0 Å². The molecule has 0 radical (unpaired) electrons. The average Bonchev–Trinajstić information content (AvgIpc) is 2.46. The van der Waals surface area contributed by atoms with Crippen molar-refractivity contribution in [3.63, 3.8) is 0 Å². The number of ketones is 1. The Balaban J connectivity index is 2.19. The molecule has 0 saturated carbocycles. The molecule has 2 nitrogen and oxygen atoms in total. The van der Waals surface area contributed by atoms with Crippen molar-refractivity contribution in [3.8, 4) is 6.07 Å². The first kappa shape index (κ1) is 14.4. The van der Waals surface area contributed by atoms with Crippen LogP contribution in [0.15, 0.2) is 48.5 Å². The van der Waals surface area contributed by atoms with Gasteiger partial charge in [0.15, 0.2) is 5.78 Å². The zero-order valence-corrected chi connectivity index (χ0v) is 12.5. The van der Waals surface area contributed by atoms with Gasteiger partial charge in [0.1, 0.15) is 11.9 Å². The zero-order valence-electron chi connectivity index (χ0n) is 10.3. The van der Waals surface area contributed by atoms with Crippen LogP contribution < -0.4 is 0 Å². The van der Waals surface area contributed by atoms with Gasteiger partial charge in [-0.2, -0.15) is 5.26 Å². The maximum Gasteiger partial charge on any atom is 0.185 e. The van der Waals surface area contributed by atoms with Crippen LogP contribution in [0, 0.1) is 20.7 Å². The molecule has 2 aromatic carbocycles. The van der Waals surface area contributed by atoms with Crippen LogP contribution in [0.3, 0.4) is 0 Å². The van der Waals surface area contributed by atoms with E-state index in [1.165, 1.54) is 24.3 Å². The van der Waals surface area contributed by atoms with E-state index in [0.29, 0.717) is 11.1 Å². The normalized spacial score (nSPS) is 10.4. The molecule has 0 saturated heterocycles. The van der Waals surface area contributed by atoms with Crippen molar-refractivity contribution < 1.29 is 9.18 Å². The quantitative estimate of drug-likeness (QED) is 0.457. The van der Waals surface area contributed by atoms with Gasteiger partial charge in [-0.1, -0.05) is 24.3 Å². The fourth-order valence-corrected chi connectivity index (χ4v) is 1.97. The second kappa shape index (κ2) is 6.44. The molecule has 2 aromatic rings. The van der Waals surface area contributed by atoms with Crippen LogP contribution in [0.25, 0.3) is 6.08 Å². The molecule has 20 heavy (non-hydrogen) atoms. The molecule has 0 N–H and O–H groups in total. The highest BCUT2D eigenvalue weighted by atomic mass is 127. The molecule has 0 atom stereocenters. The second-order valence-corrected chi connectivity index (χ2v) is 5.30. The molecule has 0 aliphatic rings. The second-order valence-electron chi connectivity index (χ2n) is 4.06. The fourth-order valence-electron chi connectivity index (χ4n) is 1.61. The molecule has 98 valence electrons. The summed E-state index contributed by atoms with van der Waals surface area (Å²) in [6.45, 7) is 0. The Morgan fingerprint density at radius 3 is 2.55 bits per heavy atom. The lowest BCUT2D eigenvalue weighted by molar-refractivity contribution is 0.104. The first-order valence-corrected chi connectivity index (χ1v) is 6.85. The van der Waals surface area contributed by atoms with Gasteiger partial charge in [-0.3, -0.25) is 4.79 Å². The van der Waals surface area contributed by atoms with Crippen LogP contribution in [0.4, 0.5) is 4.39 Å². The molecular formula is C16H9FINO. The third-order valence-corrected chi connectivity index (χ3v) is 3.39. The van der Waals surface area contributed by atoms with E-state index < -0.39 is 5.82 Å². The molecule has 0 spiro atoms. The molecule has 0 heterocycles. The SMILES string of the molecule is N#Cc1cc(/C=C/C(=O)c2ccc(I)cc2)ccc1F. The number of benzene rings is 2. The Morgan fingerprint density at radius 2 is 1.90 bits per heavy atom. The van der Waals surface area contributed by atoms with Crippen LogP contribution >= 0.6 is 22.6 Å². The monoisotopic (exact) mass is 377 g/mol. The van der Waals surface area contributed by atoms with Crippen LogP contribution in [-0.2, 0) is 0 Å². The van der Waals surface area contributed by atoms with Crippen molar-refractivity contribution in [1.82, 2.24) is 0 Å². The maximum absolute atomic E-state index is 13.2.